The van der Waals surface area contributed by atoms with E-state index in [2.05, 4.69) is 6.58 Å². The van der Waals surface area contributed by atoms with Crippen LogP contribution in [0.25, 0.3) is 0 Å². The predicted octanol–water partition coefficient (Wildman–Crippen LogP) is 3.87. The topological polar surface area (TPSA) is 35.2 Å². The van der Waals surface area contributed by atoms with E-state index in [0.717, 1.165) is 16.9 Å². The standard InChI is InChI=1S/C16H17NO.ClH/c1-2-16(17)14-8-10-15(11-9-14)18-12-13-6-4-3-5-7-13;/h2-11,16H,1,12,17H2;1H/t16-;/m0./s1. The molecule has 2 rings (SSSR count). The van der Waals surface area contributed by atoms with Gasteiger partial charge in [0.15, 0.2) is 0 Å². The minimum Gasteiger partial charge on any atom is -0.489 e. The highest BCUT2D eigenvalue weighted by molar-refractivity contribution is 5.85. The van der Waals surface area contributed by atoms with Gasteiger partial charge < -0.3 is 10.5 Å². The zero-order valence-electron chi connectivity index (χ0n) is 10.7. The molecule has 0 saturated carbocycles. The van der Waals surface area contributed by atoms with Crippen molar-refractivity contribution < 1.29 is 4.74 Å². The van der Waals surface area contributed by atoms with Crippen molar-refractivity contribution in [3.63, 3.8) is 0 Å². The molecule has 0 aliphatic carbocycles. The van der Waals surface area contributed by atoms with E-state index in [1.165, 1.54) is 0 Å². The molecule has 0 fully saturated rings. The van der Waals surface area contributed by atoms with Crippen molar-refractivity contribution in [1.82, 2.24) is 0 Å². The molecule has 2 N–H and O–H groups in total. The second kappa shape index (κ2) is 7.62. The SMILES string of the molecule is C=C[C@H](N)c1ccc(OCc2ccccc2)cc1.Cl. The summed E-state index contributed by atoms with van der Waals surface area (Å²) in [6.07, 6.45) is 1.72. The normalized spacial score (nSPS) is 11.2. The molecule has 0 unspecified atom stereocenters. The van der Waals surface area contributed by atoms with Crippen LogP contribution in [0.3, 0.4) is 0 Å². The molecule has 0 aliphatic rings. The largest absolute Gasteiger partial charge is 0.489 e. The van der Waals surface area contributed by atoms with E-state index >= 15 is 0 Å². The summed E-state index contributed by atoms with van der Waals surface area (Å²) in [6.45, 7) is 4.26. The van der Waals surface area contributed by atoms with Crippen LogP contribution in [-0.2, 0) is 6.61 Å². The van der Waals surface area contributed by atoms with Gasteiger partial charge in [-0.3, -0.25) is 0 Å². The molecule has 0 saturated heterocycles. The lowest BCUT2D eigenvalue weighted by Crippen LogP contribution is -2.06. The van der Waals surface area contributed by atoms with Gasteiger partial charge in [-0.15, -0.1) is 19.0 Å². The molecule has 0 spiro atoms. The maximum absolute atomic E-state index is 5.85. The van der Waals surface area contributed by atoms with Crippen molar-refractivity contribution in [3.8, 4) is 5.75 Å². The summed E-state index contributed by atoms with van der Waals surface area (Å²) < 4.78 is 5.69. The first kappa shape index (κ1) is 15.3. The Bertz CT molecular complexity index is 496. The van der Waals surface area contributed by atoms with Crippen LogP contribution in [0.4, 0.5) is 0 Å². The highest BCUT2D eigenvalue weighted by Crippen LogP contribution is 2.17. The Morgan fingerprint density at radius 3 is 2.26 bits per heavy atom. The van der Waals surface area contributed by atoms with Crippen LogP contribution < -0.4 is 10.5 Å². The van der Waals surface area contributed by atoms with Gasteiger partial charge in [0.2, 0.25) is 0 Å². The fourth-order valence-electron chi connectivity index (χ4n) is 1.66. The molecule has 0 aliphatic heterocycles. The maximum atomic E-state index is 5.85. The Kier molecular flexibility index (Phi) is 6.13. The second-order valence-electron chi connectivity index (χ2n) is 4.10. The smallest absolute Gasteiger partial charge is 0.119 e. The van der Waals surface area contributed by atoms with Crippen LogP contribution in [-0.4, -0.2) is 0 Å². The second-order valence-corrected chi connectivity index (χ2v) is 4.10. The third-order valence-electron chi connectivity index (χ3n) is 2.77. The number of ether oxygens (including phenoxy) is 1. The van der Waals surface area contributed by atoms with Gasteiger partial charge in [0, 0.05) is 6.04 Å². The number of nitrogens with two attached hydrogens (primary N) is 1. The highest BCUT2D eigenvalue weighted by Gasteiger charge is 2.01. The maximum Gasteiger partial charge on any atom is 0.119 e. The third kappa shape index (κ3) is 4.43. The number of hydrogen-bond acceptors (Lipinski definition) is 2. The molecule has 3 heteroatoms. The molecular formula is C16H18ClNO. The van der Waals surface area contributed by atoms with Gasteiger partial charge >= 0.3 is 0 Å². The molecule has 0 heterocycles. The van der Waals surface area contributed by atoms with Crippen molar-refractivity contribution in [2.75, 3.05) is 0 Å². The quantitative estimate of drug-likeness (QED) is 0.841. The number of benzene rings is 2. The Balaban J connectivity index is 0.00000180. The average molecular weight is 276 g/mol. The molecule has 1 atom stereocenters. The van der Waals surface area contributed by atoms with Crippen molar-refractivity contribution in [2.24, 2.45) is 5.73 Å². The first-order valence-electron chi connectivity index (χ1n) is 5.94. The summed E-state index contributed by atoms with van der Waals surface area (Å²) >= 11 is 0. The third-order valence-corrected chi connectivity index (χ3v) is 2.77. The van der Waals surface area contributed by atoms with Crippen LogP contribution in [0.15, 0.2) is 67.3 Å². The Morgan fingerprint density at radius 1 is 1.05 bits per heavy atom. The fourth-order valence-corrected chi connectivity index (χ4v) is 1.66. The van der Waals surface area contributed by atoms with Gasteiger partial charge in [0.1, 0.15) is 12.4 Å². The van der Waals surface area contributed by atoms with E-state index in [0.29, 0.717) is 6.61 Å². The van der Waals surface area contributed by atoms with Gasteiger partial charge in [-0.25, -0.2) is 0 Å². The zero-order valence-corrected chi connectivity index (χ0v) is 11.5. The minimum absolute atomic E-state index is 0. The van der Waals surface area contributed by atoms with Crippen LogP contribution in [0.5, 0.6) is 5.75 Å². The molecule has 100 valence electrons. The van der Waals surface area contributed by atoms with Crippen LogP contribution in [0, 0.1) is 0 Å². The number of hydrogen-bond donors (Lipinski definition) is 1. The Hall–Kier alpha value is -1.77. The molecule has 0 aromatic heterocycles. The van der Waals surface area contributed by atoms with Gasteiger partial charge in [0.05, 0.1) is 0 Å². The van der Waals surface area contributed by atoms with Crippen LogP contribution in [0.2, 0.25) is 0 Å². The van der Waals surface area contributed by atoms with E-state index in [4.69, 9.17) is 10.5 Å². The molecular weight excluding hydrogens is 258 g/mol. The summed E-state index contributed by atoms with van der Waals surface area (Å²) in [5, 5.41) is 0. The van der Waals surface area contributed by atoms with E-state index in [1.54, 1.807) is 6.08 Å². The summed E-state index contributed by atoms with van der Waals surface area (Å²) in [7, 11) is 0. The summed E-state index contributed by atoms with van der Waals surface area (Å²) in [6, 6.07) is 17.8. The summed E-state index contributed by atoms with van der Waals surface area (Å²) in [5.74, 6) is 0.846. The number of rotatable bonds is 5. The van der Waals surface area contributed by atoms with Gasteiger partial charge in [0.25, 0.3) is 0 Å². The van der Waals surface area contributed by atoms with E-state index in [-0.39, 0.29) is 18.4 Å². The molecule has 2 aromatic carbocycles. The fraction of sp³-hybridized carbons (Fsp3) is 0.125. The minimum atomic E-state index is -0.117. The Morgan fingerprint density at radius 2 is 1.68 bits per heavy atom. The molecule has 0 amide bonds. The first-order chi connectivity index (χ1) is 8.79. The van der Waals surface area contributed by atoms with Crippen molar-refractivity contribution in [3.05, 3.63) is 78.4 Å². The van der Waals surface area contributed by atoms with Crippen molar-refractivity contribution >= 4 is 12.4 Å². The molecule has 0 bridgehead atoms. The van der Waals surface area contributed by atoms with E-state index in [1.807, 2.05) is 54.6 Å². The highest BCUT2D eigenvalue weighted by atomic mass is 35.5. The van der Waals surface area contributed by atoms with Crippen LogP contribution in [0.1, 0.15) is 17.2 Å². The van der Waals surface area contributed by atoms with Crippen molar-refractivity contribution in [2.45, 2.75) is 12.6 Å². The summed E-state index contributed by atoms with van der Waals surface area (Å²) in [5.41, 5.74) is 8.05. The first-order valence-corrected chi connectivity index (χ1v) is 5.94. The monoisotopic (exact) mass is 275 g/mol. The lowest BCUT2D eigenvalue weighted by atomic mass is 10.1. The number of halogens is 1. The average Bonchev–Trinajstić information content (AvgIpc) is 2.46. The van der Waals surface area contributed by atoms with Gasteiger partial charge in [-0.05, 0) is 23.3 Å². The van der Waals surface area contributed by atoms with Crippen molar-refractivity contribution in [1.29, 1.82) is 0 Å². The zero-order chi connectivity index (χ0) is 12.8. The Labute approximate surface area is 120 Å². The molecule has 0 radical (unpaired) electrons. The lowest BCUT2D eigenvalue weighted by Gasteiger charge is -2.09. The van der Waals surface area contributed by atoms with Gasteiger partial charge in [-0.1, -0.05) is 48.5 Å². The molecule has 2 nitrogen and oxygen atoms in total. The molecule has 2 aromatic rings. The van der Waals surface area contributed by atoms with E-state index < -0.39 is 0 Å². The van der Waals surface area contributed by atoms with Crippen LogP contribution >= 0.6 is 12.4 Å². The van der Waals surface area contributed by atoms with E-state index in [9.17, 15) is 0 Å². The summed E-state index contributed by atoms with van der Waals surface area (Å²) in [4.78, 5) is 0. The lowest BCUT2D eigenvalue weighted by molar-refractivity contribution is 0.306. The molecule has 19 heavy (non-hydrogen) atoms. The predicted molar refractivity (Wildman–Crippen MR) is 81.6 cm³/mol. The van der Waals surface area contributed by atoms with Gasteiger partial charge in [-0.2, -0.15) is 0 Å².